The Kier molecular flexibility index (Phi) is 5.77. The van der Waals surface area contributed by atoms with Gasteiger partial charge in [0.1, 0.15) is 21.2 Å². The molecular weight excluding hydrogens is 515 g/mol. The molecule has 4 aromatic heterocycles. The second kappa shape index (κ2) is 8.39. The summed E-state index contributed by atoms with van der Waals surface area (Å²) in [5.41, 5.74) is 4.31. The largest absolute Gasteiger partial charge is 0.464 e. The number of hydrogen-bond donors (Lipinski definition) is 2. The topological polar surface area (TPSA) is 116 Å². The van der Waals surface area contributed by atoms with Crippen molar-refractivity contribution in [3.05, 3.63) is 51.9 Å². The molecule has 0 atom stereocenters. The number of amides is 2. The lowest BCUT2D eigenvalue weighted by Crippen LogP contribution is -2.18. The number of nitrogens with two attached hydrogens (primary N) is 1. The summed E-state index contributed by atoms with van der Waals surface area (Å²) >= 11 is 3.92. The fourth-order valence-electron chi connectivity index (χ4n) is 3.04. The minimum absolute atomic E-state index is 0.00299. The molecular formula is C19H13BrF3N5O3S. The van der Waals surface area contributed by atoms with Gasteiger partial charge < -0.3 is 15.5 Å². The number of carbonyl (C=O) groups is 2. The first-order valence-electron chi connectivity index (χ1n) is 8.99. The monoisotopic (exact) mass is 527 g/mol. The molecule has 0 saturated heterocycles. The van der Waals surface area contributed by atoms with Crippen LogP contribution in [-0.4, -0.2) is 26.6 Å². The Balaban J connectivity index is 1.79. The van der Waals surface area contributed by atoms with Crippen molar-refractivity contribution in [2.75, 3.05) is 5.32 Å². The highest BCUT2D eigenvalue weighted by molar-refractivity contribution is 9.10. The summed E-state index contributed by atoms with van der Waals surface area (Å²) in [5, 5.41) is 6.80. The predicted octanol–water partition coefficient (Wildman–Crippen LogP) is 4.66. The normalized spacial score (nSPS) is 11.8. The second-order valence-electron chi connectivity index (χ2n) is 6.60. The Labute approximate surface area is 190 Å². The zero-order valence-electron chi connectivity index (χ0n) is 15.9. The average Bonchev–Trinajstić information content (AvgIpc) is 3.45. The van der Waals surface area contributed by atoms with Gasteiger partial charge in [-0.2, -0.15) is 18.3 Å². The van der Waals surface area contributed by atoms with Crippen LogP contribution >= 0.6 is 27.3 Å². The number of primary amides is 1. The number of aromatic nitrogens is 3. The Morgan fingerprint density at radius 1 is 1.34 bits per heavy atom. The van der Waals surface area contributed by atoms with E-state index >= 15 is 0 Å². The third-order valence-electron chi connectivity index (χ3n) is 4.40. The van der Waals surface area contributed by atoms with Crippen LogP contribution in [0.25, 0.3) is 21.5 Å². The molecule has 0 radical (unpaired) electrons. The highest BCUT2D eigenvalue weighted by Crippen LogP contribution is 2.43. The number of nitrogens with zero attached hydrogens (tertiary/aromatic N) is 3. The summed E-state index contributed by atoms with van der Waals surface area (Å²) in [6, 6.07) is 3.80. The van der Waals surface area contributed by atoms with Crippen molar-refractivity contribution >= 4 is 55.0 Å². The van der Waals surface area contributed by atoms with Crippen molar-refractivity contribution in [3.8, 4) is 11.3 Å². The summed E-state index contributed by atoms with van der Waals surface area (Å²) in [5.74, 6) is -1.27. The van der Waals surface area contributed by atoms with Gasteiger partial charge >= 0.3 is 6.18 Å². The van der Waals surface area contributed by atoms with Gasteiger partial charge in [0.05, 0.1) is 22.6 Å². The lowest BCUT2D eigenvalue weighted by molar-refractivity contribution is -0.140. The summed E-state index contributed by atoms with van der Waals surface area (Å²) < 4.78 is 47.8. The molecule has 8 nitrogen and oxygen atoms in total. The quantitative estimate of drug-likeness (QED) is 0.378. The number of hydrogen-bond acceptors (Lipinski definition) is 6. The average molecular weight is 528 g/mol. The van der Waals surface area contributed by atoms with Crippen LogP contribution in [0.2, 0.25) is 0 Å². The maximum atomic E-state index is 13.4. The first-order valence-corrected chi connectivity index (χ1v) is 10.6. The number of anilines is 1. The smallest absolute Gasteiger partial charge is 0.433 e. The fraction of sp³-hybridized carbons (Fsp3) is 0.158. The standard InChI is InChI=1S/C19H13BrF3N5O3S/c20-9-7-25-28(8-9)4-3-13(29)27-15-14-10(11-2-1-5-31-11)6-12(19(21,22)23)26-18(14)32-16(15)17(24)30/h1-2,5-8H,3-4H2,(H2,24,30)(H,27,29). The van der Waals surface area contributed by atoms with Gasteiger partial charge in [-0.05, 0) is 34.1 Å². The van der Waals surface area contributed by atoms with E-state index < -0.39 is 23.7 Å². The summed E-state index contributed by atoms with van der Waals surface area (Å²) in [7, 11) is 0. The molecule has 4 rings (SSSR count). The highest BCUT2D eigenvalue weighted by Gasteiger charge is 2.35. The van der Waals surface area contributed by atoms with Crippen molar-refractivity contribution in [1.29, 1.82) is 0 Å². The van der Waals surface area contributed by atoms with E-state index in [0.717, 1.165) is 10.5 Å². The molecule has 3 N–H and O–H groups in total. The molecule has 0 aliphatic carbocycles. The van der Waals surface area contributed by atoms with Crippen molar-refractivity contribution in [1.82, 2.24) is 14.8 Å². The number of halogens is 4. The maximum absolute atomic E-state index is 13.4. The molecule has 2 amide bonds. The lowest BCUT2D eigenvalue weighted by atomic mass is 10.1. The fourth-order valence-corrected chi connectivity index (χ4v) is 4.38. The minimum Gasteiger partial charge on any atom is -0.464 e. The van der Waals surface area contributed by atoms with Crippen LogP contribution < -0.4 is 11.1 Å². The Morgan fingerprint density at radius 2 is 2.12 bits per heavy atom. The van der Waals surface area contributed by atoms with Crippen molar-refractivity contribution in [3.63, 3.8) is 0 Å². The molecule has 32 heavy (non-hydrogen) atoms. The molecule has 13 heteroatoms. The van der Waals surface area contributed by atoms with Gasteiger partial charge in [0.2, 0.25) is 5.91 Å². The summed E-state index contributed by atoms with van der Waals surface area (Å²) in [6.07, 6.45) is -0.187. The third kappa shape index (κ3) is 4.39. The second-order valence-corrected chi connectivity index (χ2v) is 8.52. The molecule has 0 aliphatic rings. The Bertz CT molecular complexity index is 1310. The maximum Gasteiger partial charge on any atom is 0.433 e. The third-order valence-corrected chi connectivity index (χ3v) is 5.90. The van der Waals surface area contributed by atoms with Crippen LogP contribution in [0.1, 0.15) is 21.8 Å². The van der Waals surface area contributed by atoms with Gasteiger partial charge in [-0.25, -0.2) is 4.98 Å². The van der Waals surface area contributed by atoms with Crippen LogP contribution in [0, 0.1) is 0 Å². The van der Waals surface area contributed by atoms with Crippen molar-refractivity contribution in [2.24, 2.45) is 5.73 Å². The van der Waals surface area contributed by atoms with E-state index in [4.69, 9.17) is 10.2 Å². The lowest BCUT2D eigenvalue weighted by Gasteiger charge is -2.11. The van der Waals surface area contributed by atoms with Crippen LogP contribution in [0.3, 0.4) is 0 Å². The molecule has 4 aromatic rings. The zero-order chi connectivity index (χ0) is 23.0. The number of aryl methyl sites for hydroxylation is 1. The van der Waals surface area contributed by atoms with Gasteiger partial charge in [-0.15, -0.1) is 11.3 Å². The number of nitrogens with one attached hydrogen (secondary N) is 1. The molecule has 4 heterocycles. The number of carbonyl (C=O) groups excluding carboxylic acids is 2. The Morgan fingerprint density at radius 3 is 2.72 bits per heavy atom. The van der Waals surface area contributed by atoms with Crippen LogP contribution in [0.4, 0.5) is 18.9 Å². The molecule has 0 spiro atoms. The Hall–Kier alpha value is -3.19. The van der Waals surface area contributed by atoms with Crippen LogP contribution in [-0.2, 0) is 17.5 Å². The van der Waals surface area contributed by atoms with E-state index in [9.17, 15) is 22.8 Å². The molecule has 0 aliphatic heterocycles. The van der Waals surface area contributed by atoms with E-state index in [2.05, 4.69) is 31.3 Å². The van der Waals surface area contributed by atoms with Gasteiger partial charge in [0.15, 0.2) is 0 Å². The summed E-state index contributed by atoms with van der Waals surface area (Å²) in [4.78, 5) is 28.1. The molecule has 0 aromatic carbocycles. The number of thiophene rings is 1. The first-order chi connectivity index (χ1) is 15.1. The van der Waals surface area contributed by atoms with E-state index in [-0.39, 0.29) is 45.1 Å². The van der Waals surface area contributed by atoms with Crippen LogP contribution in [0.15, 0.2) is 45.7 Å². The molecule has 0 bridgehead atoms. The SMILES string of the molecule is NC(=O)c1sc2nc(C(F)(F)F)cc(-c3ccco3)c2c1NC(=O)CCn1cc(Br)cn1. The van der Waals surface area contributed by atoms with Crippen molar-refractivity contribution in [2.45, 2.75) is 19.1 Å². The van der Waals surface area contributed by atoms with Gasteiger partial charge in [0, 0.05) is 30.1 Å². The number of rotatable bonds is 6. The predicted molar refractivity (Wildman–Crippen MR) is 114 cm³/mol. The number of fused-ring (bicyclic) bond motifs is 1. The van der Waals surface area contributed by atoms with Crippen molar-refractivity contribution < 1.29 is 27.2 Å². The zero-order valence-corrected chi connectivity index (χ0v) is 18.3. The number of alkyl halides is 3. The van der Waals surface area contributed by atoms with Gasteiger partial charge in [0.25, 0.3) is 5.91 Å². The number of pyridine rings is 1. The van der Waals surface area contributed by atoms with Gasteiger partial charge in [-0.3, -0.25) is 14.3 Å². The van der Waals surface area contributed by atoms with E-state index in [1.165, 1.54) is 23.1 Å². The minimum atomic E-state index is -4.73. The summed E-state index contributed by atoms with van der Waals surface area (Å²) in [6.45, 7) is 0.243. The van der Waals surface area contributed by atoms with E-state index in [1.54, 1.807) is 12.4 Å². The van der Waals surface area contributed by atoms with E-state index in [1.807, 2.05) is 0 Å². The number of furan rings is 1. The van der Waals surface area contributed by atoms with Crippen LogP contribution in [0.5, 0.6) is 0 Å². The first kappa shape index (κ1) is 22.0. The molecule has 0 saturated carbocycles. The van der Waals surface area contributed by atoms with E-state index in [0.29, 0.717) is 11.3 Å². The molecule has 0 unspecified atom stereocenters. The van der Waals surface area contributed by atoms with Gasteiger partial charge in [-0.1, -0.05) is 0 Å². The molecule has 166 valence electrons. The molecule has 0 fully saturated rings. The highest BCUT2D eigenvalue weighted by atomic mass is 79.9.